The molecule has 0 aromatic heterocycles. The summed E-state index contributed by atoms with van der Waals surface area (Å²) in [6, 6.07) is 8.34. The SMILES string of the molecule is COc1ccccc1CC(CNC(C)(C)C)C(C)(C)C. The predicted molar refractivity (Wildman–Crippen MR) is 87.4 cm³/mol. The number of hydrogen-bond donors (Lipinski definition) is 1. The third kappa shape index (κ3) is 5.54. The quantitative estimate of drug-likeness (QED) is 0.867. The van der Waals surface area contributed by atoms with Crippen molar-refractivity contribution in [1.82, 2.24) is 5.32 Å². The van der Waals surface area contributed by atoms with E-state index >= 15 is 0 Å². The largest absolute Gasteiger partial charge is 0.496 e. The maximum Gasteiger partial charge on any atom is 0.122 e. The van der Waals surface area contributed by atoms with E-state index in [1.807, 2.05) is 12.1 Å². The summed E-state index contributed by atoms with van der Waals surface area (Å²) < 4.78 is 5.48. The highest BCUT2D eigenvalue weighted by Crippen LogP contribution is 2.31. The second kappa shape index (κ2) is 6.62. The van der Waals surface area contributed by atoms with E-state index in [0.29, 0.717) is 5.92 Å². The number of rotatable bonds is 5. The average molecular weight is 277 g/mol. The van der Waals surface area contributed by atoms with Crippen LogP contribution in [0.5, 0.6) is 5.75 Å². The average Bonchev–Trinajstić information content (AvgIpc) is 2.32. The monoisotopic (exact) mass is 277 g/mol. The molecule has 114 valence electrons. The van der Waals surface area contributed by atoms with Crippen molar-refractivity contribution >= 4 is 0 Å². The first-order chi connectivity index (χ1) is 9.13. The molecule has 0 saturated heterocycles. The maximum atomic E-state index is 5.48. The van der Waals surface area contributed by atoms with Gasteiger partial charge in [0.25, 0.3) is 0 Å². The van der Waals surface area contributed by atoms with E-state index in [1.54, 1.807) is 7.11 Å². The van der Waals surface area contributed by atoms with Crippen LogP contribution in [0.15, 0.2) is 24.3 Å². The minimum atomic E-state index is 0.157. The number of hydrogen-bond acceptors (Lipinski definition) is 2. The van der Waals surface area contributed by atoms with Crippen molar-refractivity contribution in [2.75, 3.05) is 13.7 Å². The highest BCUT2D eigenvalue weighted by Gasteiger charge is 2.26. The number of benzene rings is 1. The number of ether oxygens (including phenoxy) is 1. The summed E-state index contributed by atoms with van der Waals surface area (Å²) in [6.45, 7) is 14.6. The molecule has 0 aliphatic rings. The molecule has 0 aliphatic heterocycles. The van der Waals surface area contributed by atoms with Crippen LogP contribution in [0.2, 0.25) is 0 Å². The second-order valence-corrected chi connectivity index (χ2v) is 7.71. The van der Waals surface area contributed by atoms with Gasteiger partial charge in [-0.05, 0) is 56.7 Å². The third-order valence-electron chi connectivity index (χ3n) is 3.76. The van der Waals surface area contributed by atoms with Crippen molar-refractivity contribution in [3.63, 3.8) is 0 Å². The first-order valence-corrected chi connectivity index (χ1v) is 7.50. The van der Waals surface area contributed by atoms with Crippen LogP contribution >= 0.6 is 0 Å². The Bertz CT molecular complexity index is 412. The molecule has 1 N–H and O–H groups in total. The molecule has 0 heterocycles. The van der Waals surface area contributed by atoms with Crippen molar-refractivity contribution in [3.05, 3.63) is 29.8 Å². The van der Waals surface area contributed by atoms with E-state index in [9.17, 15) is 0 Å². The summed E-state index contributed by atoms with van der Waals surface area (Å²) in [5.41, 5.74) is 1.72. The van der Waals surface area contributed by atoms with Gasteiger partial charge in [0.1, 0.15) is 5.75 Å². The van der Waals surface area contributed by atoms with E-state index in [2.05, 4.69) is 59.0 Å². The molecule has 0 aliphatic carbocycles. The zero-order chi connectivity index (χ0) is 15.4. The second-order valence-electron chi connectivity index (χ2n) is 7.71. The van der Waals surface area contributed by atoms with Gasteiger partial charge in [0.2, 0.25) is 0 Å². The van der Waals surface area contributed by atoms with Crippen LogP contribution in [0.25, 0.3) is 0 Å². The Labute approximate surface area is 124 Å². The van der Waals surface area contributed by atoms with Crippen LogP contribution in [-0.2, 0) is 6.42 Å². The first kappa shape index (κ1) is 17.0. The molecule has 20 heavy (non-hydrogen) atoms. The van der Waals surface area contributed by atoms with Gasteiger partial charge in [0.15, 0.2) is 0 Å². The Hall–Kier alpha value is -1.02. The molecule has 1 atom stereocenters. The van der Waals surface area contributed by atoms with E-state index in [-0.39, 0.29) is 11.0 Å². The zero-order valence-electron chi connectivity index (χ0n) is 14.2. The van der Waals surface area contributed by atoms with Gasteiger partial charge in [0.05, 0.1) is 7.11 Å². The van der Waals surface area contributed by atoms with Crippen molar-refractivity contribution in [2.45, 2.75) is 53.5 Å². The van der Waals surface area contributed by atoms with Gasteiger partial charge in [-0.15, -0.1) is 0 Å². The summed E-state index contributed by atoms with van der Waals surface area (Å²) in [7, 11) is 1.75. The van der Waals surface area contributed by atoms with E-state index in [0.717, 1.165) is 18.7 Å². The van der Waals surface area contributed by atoms with Crippen LogP contribution < -0.4 is 10.1 Å². The van der Waals surface area contributed by atoms with Gasteiger partial charge in [0, 0.05) is 5.54 Å². The van der Waals surface area contributed by atoms with E-state index in [4.69, 9.17) is 4.74 Å². The Kier molecular flexibility index (Phi) is 5.64. The fourth-order valence-electron chi connectivity index (χ4n) is 2.25. The predicted octanol–water partition coefficient (Wildman–Crippen LogP) is 4.29. The van der Waals surface area contributed by atoms with E-state index < -0.39 is 0 Å². The lowest BCUT2D eigenvalue weighted by Gasteiger charge is -2.34. The topological polar surface area (TPSA) is 21.3 Å². The lowest BCUT2D eigenvalue weighted by Crippen LogP contribution is -2.42. The molecule has 0 saturated carbocycles. The minimum absolute atomic E-state index is 0.157. The Morgan fingerprint density at radius 3 is 2.15 bits per heavy atom. The van der Waals surface area contributed by atoms with Gasteiger partial charge in [-0.2, -0.15) is 0 Å². The Morgan fingerprint density at radius 1 is 1.05 bits per heavy atom. The Morgan fingerprint density at radius 2 is 1.65 bits per heavy atom. The van der Waals surface area contributed by atoms with Crippen molar-refractivity contribution in [3.8, 4) is 5.75 Å². The number of para-hydroxylation sites is 1. The highest BCUT2D eigenvalue weighted by molar-refractivity contribution is 5.33. The molecule has 0 amide bonds. The lowest BCUT2D eigenvalue weighted by atomic mass is 9.76. The minimum Gasteiger partial charge on any atom is -0.496 e. The summed E-state index contributed by atoms with van der Waals surface area (Å²) in [5, 5.41) is 3.65. The highest BCUT2D eigenvalue weighted by atomic mass is 16.5. The molecule has 0 spiro atoms. The molecule has 0 radical (unpaired) electrons. The van der Waals surface area contributed by atoms with Gasteiger partial charge in [-0.1, -0.05) is 39.0 Å². The van der Waals surface area contributed by atoms with Crippen molar-refractivity contribution in [2.24, 2.45) is 11.3 Å². The first-order valence-electron chi connectivity index (χ1n) is 7.50. The molecule has 1 aromatic rings. The Balaban J connectivity index is 2.85. The van der Waals surface area contributed by atoms with Crippen LogP contribution in [-0.4, -0.2) is 19.2 Å². The van der Waals surface area contributed by atoms with Gasteiger partial charge < -0.3 is 10.1 Å². The van der Waals surface area contributed by atoms with E-state index in [1.165, 1.54) is 5.56 Å². The lowest BCUT2D eigenvalue weighted by molar-refractivity contribution is 0.212. The van der Waals surface area contributed by atoms with Crippen LogP contribution in [0.1, 0.15) is 47.1 Å². The molecule has 2 nitrogen and oxygen atoms in total. The number of methoxy groups -OCH3 is 1. The fraction of sp³-hybridized carbons (Fsp3) is 0.667. The summed E-state index contributed by atoms with van der Waals surface area (Å²) >= 11 is 0. The maximum absolute atomic E-state index is 5.48. The summed E-state index contributed by atoms with van der Waals surface area (Å²) in [4.78, 5) is 0. The van der Waals surface area contributed by atoms with Crippen molar-refractivity contribution in [1.29, 1.82) is 0 Å². The number of nitrogens with one attached hydrogen (secondary N) is 1. The standard InChI is InChI=1S/C18H31NO/c1-17(2,3)15(13-19-18(4,5)6)12-14-10-8-9-11-16(14)20-7/h8-11,15,19H,12-13H2,1-7H3. The molecule has 1 rings (SSSR count). The van der Waals surface area contributed by atoms with Crippen molar-refractivity contribution < 1.29 is 4.74 Å². The fourth-order valence-corrected chi connectivity index (χ4v) is 2.25. The van der Waals surface area contributed by atoms with Gasteiger partial charge in [-0.3, -0.25) is 0 Å². The molecule has 1 unspecified atom stereocenters. The van der Waals surface area contributed by atoms with Crippen LogP contribution in [0.4, 0.5) is 0 Å². The molecule has 1 aromatic carbocycles. The van der Waals surface area contributed by atoms with Crippen LogP contribution in [0, 0.1) is 11.3 Å². The van der Waals surface area contributed by atoms with Gasteiger partial charge in [-0.25, -0.2) is 0 Å². The molecule has 2 heteroatoms. The van der Waals surface area contributed by atoms with Crippen LogP contribution in [0.3, 0.4) is 0 Å². The summed E-state index contributed by atoms with van der Waals surface area (Å²) in [6.07, 6.45) is 1.04. The molecule has 0 bridgehead atoms. The molecular formula is C18H31NO. The van der Waals surface area contributed by atoms with Gasteiger partial charge >= 0.3 is 0 Å². The summed E-state index contributed by atoms with van der Waals surface area (Å²) in [5.74, 6) is 1.57. The third-order valence-corrected chi connectivity index (χ3v) is 3.76. The zero-order valence-corrected chi connectivity index (χ0v) is 14.2. The normalized spacial score (nSPS) is 14.2. The smallest absolute Gasteiger partial charge is 0.122 e. The molecular weight excluding hydrogens is 246 g/mol. The molecule has 0 fully saturated rings.